The van der Waals surface area contributed by atoms with E-state index in [0.717, 1.165) is 38.5 Å². The third-order valence-corrected chi connectivity index (χ3v) is 3.72. The van der Waals surface area contributed by atoms with E-state index in [9.17, 15) is 0 Å². The molecule has 1 aliphatic rings. The number of imidazole rings is 1. The molecule has 1 atom stereocenters. The maximum absolute atomic E-state index is 5.31. The fourth-order valence-electron chi connectivity index (χ4n) is 2.51. The van der Waals surface area contributed by atoms with Gasteiger partial charge in [0, 0.05) is 38.1 Å². The molecule has 0 bridgehead atoms. The van der Waals surface area contributed by atoms with Crippen molar-refractivity contribution in [1.29, 1.82) is 0 Å². The Morgan fingerprint density at radius 2 is 2.42 bits per heavy atom. The monoisotopic (exact) mass is 260 g/mol. The molecule has 1 unspecified atom stereocenters. The van der Waals surface area contributed by atoms with Crippen LogP contribution in [0.3, 0.4) is 0 Å². The average molecular weight is 260 g/mol. The van der Waals surface area contributed by atoms with Crippen LogP contribution in [-0.4, -0.2) is 33.6 Å². The number of hydrogen-bond acceptors (Lipinski definition) is 4. The van der Waals surface area contributed by atoms with Crippen LogP contribution in [0.1, 0.15) is 18.5 Å². The van der Waals surface area contributed by atoms with Gasteiger partial charge in [0.15, 0.2) is 0 Å². The van der Waals surface area contributed by atoms with Crippen molar-refractivity contribution in [1.82, 2.24) is 19.8 Å². The molecule has 5 heteroatoms. The second-order valence-electron chi connectivity index (χ2n) is 5.07. The fourth-order valence-corrected chi connectivity index (χ4v) is 2.51. The van der Waals surface area contributed by atoms with Crippen LogP contribution in [0.4, 0.5) is 0 Å². The lowest BCUT2D eigenvalue weighted by atomic mass is 10.2. The van der Waals surface area contributed by atoms with Crippen LogP contribution in [0, 0.1) is 0 Å². The molecule has 0 radical (unpaired) electrons. The van der Waals surface area contributed by atoms with E-state index in [-0.39, 0.29) is 0 Å². The fraction of sp³-hybridized carbons (Fsp3) is 0.500. The quantitative estimate of drug-likeness (QED) is 0.884. The molecule has 3 heterocycles. The summed E-state index contributed by atoms with van der Waals surface area (Å²) >= 11 is 0. The van der Waals surface area contributed by atoms with Gasteiger partial charge in [-0.2, -0.15) is 0 Å². The Morgan fingerprint density at radius 3 is 3.26 bits per heavy atom. The van der Waals surface area contributed by atoms with Gasteiger partial charge in [-0.3, -0.25) is 4.90 Å². The summed E-state index contributed by atoms with van der Waals surface area (Å²) in [6.07, 6.45) is 5.66. The largest absolute Gasteiger partial charge is 0.468 e. The topological polar surface area (TPSA) is 46.2 Å². The summed E-state index contributed by atoms with van der Waals surface area (Å²) in [4.78, 5) is 6.87. The van der Waals surface area contributed by atoms with Gasteiger partial charge >= 0.3 is 0 Å². The molecule has 3 rings (SSSR count). The number of nitrogens with zero attached hydrogens (tertiary/aromatic N) is 3. The highest BCUT2D eigenvalue weighted by atomic mass is 16.3. The van der Waals surface area contributed by atoms with E-state index >= 15 is 0 Å². The molecule has 0 fully saturated rings. The summed E-state index contributed by atoms with van der Waals surface area (Å²) in [6.45, 7) is 7.08. The number of aromatic nitrogens is 2. The van der Waals surface area contributed by atoms with Gasteiger partial charge in [-0.15, -0.1) is 0 Å². The molecular formula is C14H20N4O. The molecule has 2 aromatic rings. The Bertz CT molecular complexity index is 505. The van der Waals surface area contributed by atoms with Crippen LogP contribution in [0.15, 0.2) is 35.2 Å². The first-order valence-corrected chi connectivity index (χ1v) is 6.80. The summed E-state index contributed by atoms with van der Waals surface area (Å²) in [5, 5.41) is 3.44. The van der Waals surface area contributed by atoms with Gasteiger partial charge in [-0.05, 0) is 19.1 Å². The van der Waals surface area contributed by atoms with E-state index in [1.54, 1.807) is 6.26 Å². The summed E-state index contributed by atoms with van der Waals surface area (Å²) < 4.78 is 7.54. The van der Waals surface area contributed by atoms with Gasteiger partial charge in [-0.25, -0.2) is 4.98 Å². The standard InChI is InChI=1S/C14H20N4O/c1-12(9-15-10-13-3-2-8-19-13)18-7-6-17-5-4-16-14(17)11-18/h2-5,8,12,15H,6-7,9-11H2,1H3. The van der Waals surface area contributed by atoms with E-state index in [2.05, 4.69) is 32.9 Å². The predicted octanol–water partition coefficient (Wildman–Crippen LogP) is 1.47. The van der Waals surface area contributed by atoms with Crippen molar-refractivity contribution < 1.29 is 4.42 Å². The zero-order valence-electron chi connectivity index (χ0n) is 11.2. The van der Waals surface area contributed by atoms with Gasteiger partial charge in [0.25, 0.3) is 0 Å². The van der Waals surface area contributed by atoms with Crippen molar-refractivity contribution in [2.45, 2.75) is 32.6 Å². The van der Waals surface area contributed by atoms with Gasteiger partial charge in [0.2, 0.25) is 0 Å². The van der Waals surface area contributed by atoms with Crippen LogP contribution in [0.2, 0.25) is 0 Å². The molecule has 5 nitrogen and oxygen atoms in total. The maximum Gasteiger partial charge on any atom is 0.122 e. The highest BCUT2D eigenvalue weighted by Gasteiger charge is 2.20. The summed E-state index contributed by atoms with van der Waals surface area (Å²) in [7, 11) is 0. The minimum Gasteiger partial charge on any atom is -0.468 e. The first-order chi connectivity index (χ1) is 9.33. The van der Waals surface area contributed by atoms with Crippen molar-refractivity contribution in [3.05, 3.63) is 42.4 Å². The molecule has 0 spiro atoms. The Kier molecular flexibility index (Phi) is 3.66. The van der Waals surface area contributed by atoms with E-state index in [1.165, 1.54) is 5.82 Å². The van der Waals surface area contributed by atoms with Gasteiger partial charge < -0.3 is 14.3 Å². The van der Waals surface area contributed by atoms with E-state index in [1.807, 2.05) is 18.3 Å². The first kappa shape index (κ1) is 12.4. The number of nitrogens with one attached hydrogen (secondary N) is 1. The molecule has 1 aliphatic heterocycles. The van der Waals surface area contributed by atoms with Gasteiger partial charge in [-0.1, -0.05) is 0 Å². The predicted molar refractivity (Wildman–Crippen MR) is 72.5 cm³/mol. The molecule has 0 amide bonds. The Balaban J connectivity index is 1.47. The van der Waals surface area contributed by atoms with Gasteiger partial charge in [0.05, 0.1) is 19.4 Å². The minimum atomic E-state index is 0.500. The third-order valence-electron chi connectivity index (χ3n) is 3.72. The molecule has 102 valence electrons. The lowest BCUT2D eigenvalue weighted by Gasteiger charge is -2.32. The smallest absolute Gasteiger partial charge is 0.122 e. The molecule has 0 aromatic carbocycles. The first-order valence-electron chi connectivity index (χ1n) is 6.80. The van der Waals surface area contributed by atoms with E-state index in [4.69, 9.17) is 4.42 Å². The van der Waals surface area contributed by atoms with Crippen molar-refractivity contribution in [3.63, 3.8) is 0 Å². The van der Waals surface area contributed by atoms with Crippen molar-refractivity contribution >= 4 is 0 Å². The molecular weight excluding hydrogens is 240 g/mol. The van der Waals surface area contributed by atoms with Crippen molar-refractivity contribution in [2.75, 3.05) is 13.1 Å². The van der Waals surface area contributed by atoms with Crippen molar-refractivity contribution in [2.24, 2.45) is 0 Å². The summed E-state index contributed by atoms with van der Waals surface area (Å²) in [6, 6.07) is 4.42. The second-order valence-corrected chi connectivity index (χ2v) is 5.07. The van der Waals surface area contributed by atoms with Crippen LogP contribution in [0.25, 0.3) is 0 Å². The molecule has 0 aliphatic carbocycles. The van der Waals surface area contributed by atoms with Gasteiger partial charge in [0.1, 0.15) is 11.6 Å². The normalized spacial score (nSPS) is 17.3. The Hall–Kier alpha value is -1.59. The number of hydrogen-bond donors (Lipinski definition) is 1. The molecule has 1 N–H and O–H groups in total. The third kappa shape index (κ3) is 2.88. The number of furan rings is 1. The Labute approximate surface area is 113 Å². The van der Waals surface area contributed by atoms with E-state index < -0.39 is 0 Å². The number of rotatable bonds is 5. The van der Waals surface area contributed by atoms with Crippen LogP contribution in [-0.2, 0) is 19.6 Å². The molecule has 19 heavy (non-hydrogen) atoms. The minimum absolute atomic E-state index is 0.500. The maximum atomic E-state index is 5.31. The highest BCUT2D eigenvalue weighted by Crippen LogP contribution is 2.12. The average Bonchev–Trinajstić information content (AvgIpc) is 3.08. The summed E-state index contributed by atoms with van der Waals surface area (Å²) in [5.74, 6) is 2.16. The molecule has 0 saturated heterocycles. The molecule has 0 saturated carbocycles. The van der Waals surface area contributed by atoms with Crippen LogP contribution in [0.5, 0.6) is 0 Å². The van der Waals surface area contributed by atoms with E-state index in [0.29, 0.717) is 6.04 Å². The lowest BCUT2D eigenvalue weighted by molar-refractivity contribution is 0.159. The van der Waals surface area contributed by atoms with Crippen molar-refractivity contribution in [3.8, 4) is 0 Å². The zero-order valence-corrected chi connectivity index (χ0v) is 11.2. The van der Waals surface area contributed by atoms with Crippen LogP contribution >= 0.6 is 0 Å². The summed E-state index contributed by atoms with van der Waals surface area (Å²) in [5.41, 5.74) is 0. The molecule has 2 aromatic heterocycles. The number of fused-ring (bicyclic) bond motifs is 1. The highest BCUT2D eigenvalue weighted by molar-refractivity contribution is 4.98. The SMILES string of the molecule is CC(CNCc1ccco1)N1CCn2ccnc2C1. The van der Waals surface area contributed by atoms with Crippen LogP contribution < -0.4 is 5.32 Å². The second kappa shape index (κ2) is 5.59. The lowest BCUT2D eigenvalue weighted by Crippen LogP contribution is -2.44. The Morgan fingerprint density at radius 1 is 1.47 bits per heavy atom. The zero-order chi connectivity index (χ0) is 13.1.